The van der Waals surface area contributed by atoms with E-state index in [2.05, 4.69) is 10.6 Å². The summed E-state index contributed by atoms with van der Waals surface area (Å²) in [4.78, 5) is 22.5. The lowest BCUT2D eigenvalue weighted by Gasteiger charge is -2.23. The zero-order valence-electron chi connectivity index (χ0n) is 11.2. The van der Waals surface area contributed by atoms with E-state index in [-0.39, 0.29) is 18.6 Å². The monoisotopic (exact) mass is 258 g/mol. The van der Waals surface area contributed by atoms with Crippen LogP contribution in [0.4, 0.5) is 4.79 Å². The van der Waals surface area contributed by atoms with Crippen LogP contribution in [0.2, 0.25) is 0 Å². The van der Waals surface area contributed by atoms with Gasteiger partial charge in [-0.3, -0.25) is 4.79 Å². The number of carbonyl (C=O) groups excluding carboxylic acids is 1. The van der Waals surface area contributed by atoms with Crippen molar-refractivity contribution in [2.24, 2.45) is 11.3 Å². The van der Waals surface area contributed by atoms with E-state index in [1.54, 1.807) is 13.8 Å². The molecule has 1 fully saturated rings. The fraction of sp³-hybridized carbons (Fsp3) is 0.833. The predicted molar refractivity (Wildman–Crippen MR) is 66.3 cm³/mol. The van der Waals surface area contributed by atoms with Gasteiger partial charge in [0.15, 0.2) is 0 Å². The van der Waals surface area contributed by atoms with Crippen LogP contribution in [-0.2, 0) is 9.53 Å². The van der Waals surface area contributed by atoms with Crippen molar-refractivity contribution in [3.8, 4) is 0 Å². The van der Waals surface area contributed by atoms with Gasteiger partial charge in [0, 0.05) is 25.1 Å². The van der Waals surface area contributed by atoms with Crippen molar-refractivity contribution in [1.29, 1.82) is 0 Å². The summed E-state index contributed by atoms with van der Waals surface area (Å²) in [6.07, 6.45) is 0.946. The molecule has 1 saturated heterocycles. The van der Waals surface area contributed by atoms with Crippen LogP contribution in [0.1, 0.15) is 27.2 Å². The van der Waals surface area contributed by atoms with Crippen LogP contribution in [0.5, 0.6) is 0 Å². The zero-order chi connectivity index (χ0) is 13.8. The summed E-state index contributed by atoms with van der Waals surface area (Å²) in [5, 5.41) is 14.3. The van der Waals surface area contributed by atoms with Gasteiger partial charge in [-0.05, 0) is 27.2 Å². The standard InChI is InChI=1S/C12H22N2O4/c1-8(9-4-5-18-6-9)14-11(17)13-7-12(2,3)10(15)16/h8-9H,4-7H2,1-3H3,(H,15,16)(H2,13,14,17). The lowest BCUT2D eigenvalue weighted by atomic mass is 9.94. The molecule has 18 heavy (non-hydrogen) atoms. The van der Waals surface area contributed by atoms with Gasteiger partial charge in [0.2, 0.25) is 0 Å². The number of hydrogen-bond donors (Lipinski definition) is 3. The van der Waals surface area contributed by atoms with Crippen LogP contribution in [0.25, 0.3) is 0 Å². The van der Waals surface area contributed by atoms with Crippen LogP contribution in [0.15, 0.2) is 0 Å². The zero-order valence-corrected chi connectivity index (χ0v) is 11.2. The van der Waals surface area contributed by atoms with Gasteiger partial charge >= 0.3 is 12.0 Å². The molecular formula is C12H22N2O4. The molecule has 0 spiro atoms. The Kier molecular flexibility index (Phi) is 4.95. The molecule has 0 saturated carbocycles. The Balaban J connectivity index is 2.31. The molecule has 2 unspecified atom stereocenters. The Hall–Kier alpha value is -1.30. The topological polar surface area (TPSA) is 87.7 Å². The second-order valence-corrected chi connectivity index (χ2v) is 5.43. The van der Waals surface area contributed by atoms with Gasteiger partial charge in [0.25, 0.3) is 0 Å². The minimum atomic E-state index is -0.961. The van der Waals surface area contributed by atoms with Crippen LogP contribution in [0.3, 0.4) is 0 Å². The van der Waals surface area contributed by atoms with Gasteiger partial charge in [0.05, 0.1) is 12.0 Å². The number of urea groups is 1. The quantitative estimate of drug-likeness (QED) is 0.681. The highest BCUT2D eigenvalue weighted by molar-refractivity contribution is 5.77. The Morgan fingerprint density at radius 3 is 2.67 bits per heavy atom. The van der Waals surface area contributed by atoms with Crippen molar-refractivity contribution in [1.82, 2.24) is 10.6 Å². The molecule has 0 bridgehead atoms. The van der Waals surface area contributed by atoms with Crippen LogP contribution in [-0.4, -0.2) is 42.9 Å². The fourth-order valence-electron chi connectivity index (χ4n) is 1.70. The molecule has 2 atom stereocenters. The molecule has 2 amide bonds. The maximum atomic E-state index is 11.6. The summed E-state index contributed by atoms with van der Waals surface area (Å²) in [6, 6.07) is -0.302. The Morgan fingerprint density at radius 1 is 1.50 bits per heavy atom. The first kappa shape index (κ1) is 14.8. The van der Waals surface area contributed by atoms with Gasteiger partial charge in [-0.15, -0.1) is 0 Å². The van der Waals surface area contributed by atoms with Gasteiger partial charge in [-0.25, -0.2) is 4.79 Å². The lowest BCUT2D eigenvalue weighted by Crippen LogP contribution is -2.48. The normalized spacial score (nSPS) is 21.4. The van der Waals surface area contributed by atoms with Crippen molar-refractivity contribution in [2.45, 2.75) is 33.2 Å². The summed E-state index contributed by atoms with van der Waals surface area (Å²) in [5.41, 5.74) is -0.961. The fourth-order valence-corrected chi connectivity index (χ4v) is 1.70. The van der Waals surface area contributed by atoms with Crippen molar-refractivity contribution in [3.05, 3.63) is 0 Å². The van der Waals surface area contributed by atoms with Crippen LogP contribution >= 0.6 is 0 Å². The Bertz CT molecular complexity index is 311. The number of carboxylic acid groups (broad SMARTS) is 1. The van der Waals surface area contributed by atoms with E-state index in [9.17, 15) is 9.59 Å². The number of rotatable bonds is 5. The number of hydrogen-bond acceptors (Lipinski definition) is 3. The maximum Gasteiger partial charge on any atom is 0.315 e. The van der Waals surface area contributed by atoms with Gasteiger partial charge < -0.3 is 20.5 Å². The van der Waals surface area contributed by atoms with Crippen LogP contribution in [0, 0.1) is 11.3 Å². The summed E-state index contributed by atoms with van der Waals surface area (Å²) in [7, 11) is 0. The molecule has 6 nitrogen and oxygen atoms in total. The van der Waals surface area contributed by atoms with E-state index < -0.39 is 11.4 Å². The van der Waals surface area contributed by atoms with E-state index in [1.165, 1.54) is 0 Å². The van der Waals surface area contributed by atoms with Crippen molar-refractivity contribution < 1.29 is 19.4 Å². The number of carboxylic acids is 1. The third kappa shape index (κ3) is 4.18. The first-order chi connectivity index (χ1) is 8.33. The number of carbonyl (C=O) groups is 2. The first-order valence-electron chi connectivity index (χ1n) is 6.18. The predicted octanol–water partition coefficient (Wildman–Crippen LogP) is 0.821. The average molecular weight is 258 g/mol. The minimum Gasteiger partial charge on any atom is -0.481 e. The van der Waals surface area contributed by atoms with E-state index in [4.69, 9.17) is 9.84 Å². The lowest BCUT2D eigenvalue weighted by molar-refractivity contribution is -0.146. The molecule has 1 heterocycles. The van der Waals surface area contributed by atoms with E-state index in [0.717, 1.165) is 13.0 Å². The second kappa shape index (κ2) is 6.04. The highest BCUT2D eigenvalue weighted by Gasteiger charge is 2.28. The second-order valence-electron chi connectivity index (χ2n) is 5.43. The highest BCUT2D eigenvalue weighted by Crippen LogP contribution is 2.16. The number of amides is 2. The minimum absolute atomic E-state index is 0.0282. The molecule has 104 valence electrons. The number of aliphatic carboxylic acids is 1. The van der Waals surface area contributed by atoms with Gasteiger partial charge in [0.1, 0.15) is 0 Å². The van der Waals surface area contributed by atoms with Crippen molar-refractivity contribution >= 4 is 12.0 Å². The molecule has 0 aliphatic carbocycles. The maximum absolute atomic E-state index is 11.6. The van der Waals surface area contributed by atoms with E-state index in [0.29, 0.717) is 12.5 Å². The molecule has 0 aromatic carbocycles. The Labute approximate surface area is 107 Å². The molecule has 0 radical (unpaired) electrons. The third-order valence-electron chi connectivity index (χ3n) is 3.30. The summed E-state index contributed by atoms with van der Waals surface area (Å²) in [5.74, 6) is -0.594. The Morgan fingerprint density at radius 2 is 2.17 bits per heavy atom. The third-order valence-corrected chi connectivity index (χ3v) is 3.30. The number of ether oxygens (including phenoxy) is 1. The highest BCUT2D eigenvalue weighted by atomic mass is 16.5. The van der Waals surface area contributed by atoms with Gasteiger partial charge in [-0.1, -0.05) is 0 Å². The average Bonchev–Trinajstić information content (AvgIpc) is 2.79. The molecule has 1 aliphatic heterocycles. The molecule has 0 aromatic heterocycles. The molecule has 0 aromatic rings. The van der Waals surface area contributed by atoms with Crippen LogP contribution < -0.4 is 10.6 Å². The van der Waals surface area contributed by atoms with Crippen molar-refractivity contribution in [3.63, 3.8) is 0 Å². The smallest absolute Gasteiger partial charge is 0.315 e. The summed E-state index contributed by atoms with van der Waals surface area (Å²) in [6.45, 7) is 6.59. The summed E-state index contributed by atoms with van der Waals surface area (Å²) < 4.78 is 5.26. The summed E-state index contributed by atoms with van der Waals surface area (Å²) >= 11 is 0. The molecular weight excluding hydrogens is 236 g/mol. The molecule has 3 N–H and O–H groups in total. The van der Waals surface area contributed by atoms with Gasteiger partial charge in [-0.2, -0.15) is 0 Å². The SMILES string of the molecule is CC(NC(=O)NCC(C)(C)C(=O)O)C1CCOC1. The van der Waals surface area contributed by atoms with Crippen molar-refractivity contribution in [2.75, 3.05) is 19.8 Å². The van der Waals surface area contributed by atoms with E-state index in [1.807, 2.05) is 6.92 Å². The molecule has 1 rings (SSSR count). The molecule has 6 heteroatoms. The largest absolute Gasteiger partial charge is 0.481 e. The van der Waals surface area contributed by atoms with E-state index >= 15 is 0 Å². The number of nitrogens with one attached hydrogen (secondary N) is 2. The molecule has 1 aliphatic rings. The first-order valence-corrected chi connectivity index (χ1v) is 6.18.